The first kappa shape index (κ1) is 20.4. The summed E-state index contributed by atoms with van der Waals surface area (Å²) in [5.41, 5.74) is 2.66. The van der Waals surface area contributed by atoms with Gasteiger partial charge in [0.2, 0.25) is 0 Å². The number of para-hydroxylation sites is 2. The molecule has 0 amide bonds. The molecule has 0 radical (unpaired) electrons. The van der Waals surface area contributed by atoms with Crippen LogP contribution in [0.4, 0.5) is 5.69 Å². The minimum absolute atomic E-state index is 0.511. The number of aryl methyl sites for hydroxylation is 1. The summed E-state index contributed by atoms with van der Waals surface area (Å²) in [6, 6.07) is 14.8. The van der Waals surface area contributed by atoms with Gasteiger partial charge in [0.15, 0.2) is 0 Å². The third kappa shape index (κ3) is 5.01. The minimum Gasteiger partial charge on any atom is -0.495 e. The van der Waals surface area contributed by atoms with Gasteiger partial charge in [-0.05, 0) is 42.4 Å². The smallest absolute Gasteiger partial charge is 0.142 e. The van der Waals surface area contributed by atoms with E-state index >= 15 is 0 Å². The average Bonchev–Trinajstić information content (AvgIpc) is 2.78. The van der Waals surface area contributed by atoms with E-state index in [0.717, 1.165) is 50.8 Å². The van der Waals surface area contributed by atoms with Crippen molar-refractivity contribution in [3.63, 3.8) is 0 Å². The standard InChI is InChI=1S/C24H32N2O2S/c1-19(18-28-23-11-5-7-20-8-6-16-29-24(20)23)17-25-12-14-26(15-13-25)21-9-3-4-10-22(21)27-2/h3-5,7,9-11,19H,6,8,12-18H2,1-2H3. The zero-order chi connectivity index (χ0) is 20.1. The molecule has 0 bridgehead atoms. The van der Waals surface area contributed by atoms with Crippen LogP contribution in [0.1, 0.15) is 18.9 Å². The Morgan fingerprint density at radius 2 is 1.79 bits per heavy atom. The van der Waals surface area contributed by atoms with Gasteiger partial charge >= 0.3 is 0 Å². The molecule has 0 aliphatic carbocycles. The molecule has 1 saturated heterocycles. The van der Waals surface area contributed by atoms with Crippen LogP contribution in [0.2, 0.25) is 0 Å². The van der Waals surface area contributed by atoms with Crippen molar-refractivity contribution in [3.05, 3.63) is 48.0 Å². The van der Waals surface area contributed by atoms with Gasteiger partial charge in [-0.25, -0.2) is 0 Å². The zero-order valence-corrected chi connectivity index (χ0v) is 18.4. The predicted molar refractivity (Wildman–Crippen MR) is 122 cm³/mol. The van der Waals surface area contributed by atoms with Crippen LogP contribution in [0.5, 0.6) is 11.5 Å². The number of thioether (sulfide) groups is 1. The molecule has 0 saturated carbocycles. The second-order valence-electron chi connectivity index (χ2n) is 8.07. The largest absolute Gasteiger partial charge is 0.495 e. The third-order valence-corrected chi connectivity index (χ3v) is 7.03. The lowest BCUT2D eigenvalue weighted by Crippen LogP contribution is -2.48. The summed E-state index contributed by atoms with van der Waals surface area (Å²) in [7, 11) is 1.75. The Kier molecular flexibility index (Phi) is 6.88. The Morgan fingerprint density at radius 3 is 2.62 bits per heavy atom. The topological polar surface area (TPSA) is 24.9 Å². The number of ether oxygens (including phenoxy) is 2. The Balaban J connectivity index is 1.26. The molecule has 1 atom stereocenters. The summed E-state index contributed by atoms with van der Waals surface area (Å²) < 4.78 is 11.8. The quantitative estimate of drug-likeness (QED) is 0.663. The highest BCUT2D eigenvalue weighted by molar-refractivity contribution is 7.99. The Hall–Kier alpha value is -1.85. The summed E-state index contributed by atoms with van der Waals surface area (Å²) in [4.78, 5) is 6.37. The van der Waals surface area contributed by atoms with Gasteiger partial charge in [-0.3, -0.25) is 4.90 Å². The normalized spacial score (nSPS) is 18.2. The number of benzene rings is 2. The van der Waals surface area contributed by atoms with Crippen LogP contribution in [0.3, 0.4) is 0 Å². The predicted octanol–water partition coefficient (Wildman–Crippen LogP) is 4.57. The molecule has 4 nitrogen and oxygen atoms in total. The lowest BCUT2D eigenvalue weighted by molar-refractivity contribution is 0.176. The molecule has 4 rings (SSSR count). The molecule has 2 heterocycles. The van der Waals surface area contributed by atoms with E-state index in [4.69, 9.17) is 9.47 Å². The summed E-state index contributed by atoms with van der Waals surface area (Å²) in [6.07, 6.45) is 2.46. The second kappa shape index (κ2) is 9.77. The fraction of sp³-hybridized carbons (Fsp3) is 0.500. The molecule has 0 spiro atoms. The fourth-order valence-corrected chi connectivity index (χ4v) is 5.38. The van der Waals surface area contributed by atoms with Crippen molar-refractivity contribution in [1.29, 1.82) is 0 Å². The van der Waals surface area contributed by atoms with Crippen molar-refractivity contribution in [2.45, 2.75) is 24.7 Å². The van der Waals surface area contributed by atoms with E-state index in [2.05, 4.69) is 47.1 Å². The van der Waals surface area contributed by atoms with E-state index in [1.54, 1.807) is 7.11 Å². The van der Waals surface area contributed by atoms with Gasteiger partial charge in [0.25, 0.3) is 0 Å². The molecule has 0 N–H and O–H groups in total. The summed E-state index contributed by atoms with van der Waals surface area (Å²) in [5, 5.41) is 0. The first-order valence-corrected chi connectivity index (χ1v) is 11.7. The average molecular weight is 413 g/mol. The van der Waals surface area contributed by atoms with Crippen LogP contribution < -0.4 is 14.4 Å². The Morgan fingerprint density at radius 1 is 1.00 bits per heavy atom. The van der Waals surface area contributed by atoms with E-state index in [1.165, 1.54) is 34.7 Å². The summed E-state index contributed by atoms with van der Waals surface area (Å²) in [6.45, 7) is 8.41. The van der Waals surface area contributed by atoms with Gasteiger partial charge in [-0.15, -0.1) is 11.8 Å². The van der Waals surface area contributed by atoms with Gasteiger partial charge in [0.05, 0.1) is 24.3 Å². The van der Waals surface area contributed by atoms with Gasteiger partial charge in [-0.2, -0.15) is 0 Å². The molecule has 2 aliphatic rings. The van der Waals surface area contributed by atoms with E-state index in [9.17, 15) is 0 Å². The molecule has 156 valence electrons. The molecular weight excluding hydrogens is 380 g/mol. The highest BCUT2D eigenvalue weighted by Crippen LogP contribution is 2.37. The summed E-state index contributed by atoms with van der Waals surface area (Å²) >= 11 is 1.95. The number of nitrogens with zero attached hydrogens (tertiary/aromatic N) is 2. The van der Waals surface area contributed by atoms with Crippen LogP contribution in [0.15, 0.2) is 47.4 Å². The lowest BCUT2D eigenvalue weighted by Gasteiger charge is -2.37. The first-order valence-electron chi connectivity index (χ1n) is 10.7. The maximum Gasteiger partial charge on any atom is 0.142 e. The van der Waals surface area contributed by atoms with Crippen molar-refractivity contribution in [1.82, 2.24) is 4.90 Å². The number of piperazine rings is 1. The second-order valence-corrected chi connectivity index (χ2v) is 9.18. The first-order chi connectivity index (χ1) is 14.2. The van der Waals surface area contributed by atoms with Gasteiger partial charge in [-0.1, -0.05) is 31.2 Å². The number of rotatable bonds is 7. The molecule has 2 aromatic carbocycles. The van der Waals surface area contributed by atoms with Gasteiger partial charge in [0.1, 0.15) is 11.5 Å². The number of hydrogen-bond acceptors (Lipinski definition) is 5. The van der Waals surface area contributed by atoms with Crippen LogP contribution >= 0.6 is 11.8 Å². The maximum atomic E-state index is 6.25. The number of fused-ring (bicyclic) bond motifs is 1. The minimum atomic E-state index is 0.511. The molecule has 5 heteroatoms. The Bertz CT molecular complexity index is 805. The molecule has 2 aromatic rings. The highest BCUT2D eigenvalue weighted by atomic mass is 32.2. The lowest BCUT2D eigenvalue weighted by atomic mass is 10.1. The molecule has 0 aromatic heterocycles. The zero-order valence-electron chi connectivity index (χ0n) is 17.6. The molecule has 2 aliphatic heterocycles. The van der Waals surface area contributed by atoms with Crippen molar-refractivity contribution >= 4 is 17.4 Å². The van der Waals surface area contributed by atoms with E-state index in [0.29, 0.717) is 5.92 Å². The fourth-order valence-electron chi connectivity index (χ4n) is 4.26. The van der Waals surface area contributed by atoms with Gasteiger partial charge < -0.3 is 14.4 Å². The van der Waals surface area contributed by atoms with E-state index < -0.39 is 0 Å². The SMILES string of the molecule is COc1ccccc1N1CCN(CC(C)COc2cccc3c2SCCC3)CC1. The number of hydrogen-bond donors (Lipinski definition) is 0. The molecule has 29 heavy (non-hydrogen) atoms. The van der Waals surface area contributed by atoms with Crippen molar-refractivity contribution < 1.29 is 9.47 Å². The van der Waals surface area contributed by atoms with Crippen LogP contribution in [-0.2, 0) is 6.42 Å². The van der Waals surface area contributed by atoms with Crippen molar-refractivity contribution in [2.24, 2.45) is 5.92 Å². The molecular formula is C24H32N2O2S. The molecule has 1 unspecified atom stereocenters. The third-order valence-electron chi connectivity index (χ3n) is 5.79. The highest BCUT2D eigenvalue weighted by Gasteiger charge is 2.21. The number of anilines is 1. The maximum absolute atomic E-state index is 6.25. The summed E-state index contributed by atoms with van der Waals surface area (Å²) in [5.74, 6) is 3.77. The monoisotopic (exact) mass is 412 g/mol. The van der Waals surface area contributed by atoms with E-state index in [-0.39, 0.29) is 0 Å². The Labute approximate surface area is 179 Å². The van der Waals surface area contributed by atoms with E-state index in [1.807, 2.05) is 23.9 Å². The van der Waals surface area contributed by atoms with Gasteiger partial charge in [0, 0.05) is 38.6 Å². The number of methoxy groups -OCH3 is 1. The van der Waals surface area contributed by atoms with Crippen LogP contribution in [0.25, 0.3) is 0 Å². The van der Waals surface area contributed by atoms with Crippen molar-refractivity contribution in [3.8, 4) is 11.5 Å². The van der Waals surface area contributed by atoms with Crippen molar-refractivity contribution in [2.75, 3.05) is 57.1 Å². The van der Waals surface area contributed by atoms with Crippen LogP contribution in [0, 0.1) is 5.92 Å². The van der Waals surface area contributed by atoms with Crippen LogP contribution in [-0.4, -0.2) is 57.1 Å². The molecule has 1 fully saturated rings.